The van der Waals surface area contributed by atoms with Crippen LogP contribution in [-0.2, 0) is 20.7 Å². The monoisotopic (exact) mass is 383 g/mol. The Balaban J connectivity index is 1.26. The van der Waals surface area contributed by atoms with Crippen molar-refractivity contribution in [3.8, 4) is 0 Å². The van der Waals surface area contributed by atoms with Crippen molar-refractivity contribution in [1.82, 2.24) is 5.32 Å². The van der Waals surface area contributed by atoms with Crippen molar-refractivity contribution in [3.63, 3.8) is 0 Å². The molecule has 4 heteroatoms. The molecule has 1 amide bonds. The summed E-state index contributed by atoms with van der Waals surface area (Å²) in [5.41, 5.74) is 0.965. The number of benzene rings is 1. The first-order valence-electron chi connectivity index (χ1n) is 11.0. The van der Waals surface area contributed by atoms with Gasteiger partial charge in [-0.3, -0.25) is 9.59 Å². The van der Waals surface area contributed by atoms with Crippen LogP contribution in [0.25, 0.3) is 0 Å². The molecule has 1 aromatic rings. The second kappa shape index (κ2) is 7.88. The number of aryl methyl sites for hydroxylation is 1. The standard InChI is InChI=1S/C24H33NO3/c1-16(8-9-18-6-4-3-5-7-18)25-22(26)17(2)28-23(27)24-13-19-10-20(14-24)12-21(11-19)15-24/h3-7,16-17,19-21H,8-15H2,1-2H3,(H,25,26)/t16-,17-,19?,20?,21?,24?/m0/s1. The van der Waals surface area contributed by atoms with Gasteiger partial charge in [0.25, 0.3) is 5.91 Å². The van der Waals surface area contributed by atoms with E-state index < -0.39 is 6.10 Å². The quantitative estimate of drug-likeness (QED) is 0.715. The second-order valence-electron chi connectivity index (χ2n) is 9.68. The highest BCUT2D eigenvalue weighted by Crippen LogP contribution is 2.60. The molecule has 4 bridgehead atoms. The van der Waals surface area contributed by atoms with Crippen LogP contribution in [-0.4, -0.2) is 24.0 Å². The van der Waals surface area contributed by atoms with Gasteiger partial charge in [-0.05, 0) is 88.5 Å². The van der Waals surface area contributed by atoms with E-state index in [2.05, 4.69) is 17.4 Å². The van der Waals surface area contributed by atoms with Gasteiger partial charge in [-0.15, -0.1) is 0 Å². The number of carbonyl (C=O) groups is 2. The van der Waals surface area contributed by atoms with Crippen molar-refractivity contribution in [3.05, 3.63) is 35.9 Å². The third-order valence-corrected chi connectivity index (χ3v) is 7.22. The van der Waals surface area contributed by atoms with Gasteiger partial charge in [-0.1, -0.05) is 30.3 Å². The van der Waals surface area contributed by atoms with E-state index in [1.54, 1.807) is 6.92 Å². The zero-order valence-electron chi connectivity index (χ0n) is 17.2. The van der Waals surface area contributed by atoms with E-state index in [-0.39, 0.29) is 23.3 Å². The summed E-state index contributed by atoms with van der Waals surface area (Å²) < 4.78 is 5.71. The molecule has 1 aromatic carbocycles. The van der Waals surface area contributed by atoms with Crippen LogP contribution in [0.4, 0.5) is 0 Å². The normalized spacial score (nSPS) is 32.6. The molecule has 0 heterocycles. The van der Waals surface area contributed by atoms with Gasteiger partial charge >= 0.3 is 5.97 Å². The number of esters is 1. The number of hydrogen-bond acceptors (Lipinski definition) is 3. The Kier molecular flexibility index (Phi) is 5.48. The fraction of sp³-hybridized carbons (Fsp3) is 0.667. The minimum atomic E-state index is -0.723. The Morgan fingerprint density at radius 1 is 1.04 bits per heavy atom. The predicted octanol–water partition coefficient (Wildman–Crippen LogP) is 4.27. The van der Waals surface area contributed by atoms with E-state index in [0.717, 1.165) is 32.1 Å². The molecular formula is C24H33NO3. The van der Waals surface area contributed by atoms with Gasteiger partial charge in [0.05, 0.1) is 5.41 Å². The number of hydrogen-bond donors (Lipinski definition) is 1. The number of nitrogens with one attached hydrogen (secondary N) is 1. The van der Waals surface area contributed by atoms with E-state index in [4.69, 9.17) is 4.74 Å². The van der Waals surface area contributed by atoms with Crippen molar-refractivity contribution in [1.29, 1.82) is 0 Å². The van der Waals surface area contributed by atoms with Crippen LogP contribution in [0.5, 0.6) is 0 Å². The van der Waals surface area contributed by atoms with Crippen LogP contribution < -0.4 is 5.32 Å². The maximum atomic E-state index is 13.0. The Labute approximate surface area is 168 Å². The zero-order valence-corrected chi connectivity index (χ0v) is 17.2. The van der Waals surface area contributed by atoms with Crippen LogP contribution in [0.1, 0.15) is 64.4 Å². The summed E-state index contributed by atoms with van der Waals surface area (Å²) in [5, 5.41) is 3.01. The van der Waals surface area contributed by atoms with E-state index in [1.807, 2.05) is 25.1 Å². The highest BCUT2D eigenvalue weighted by atomic mass is 16.5. The van der Waals surface area contributed by atoms with Gasteiger partial charge in [-0.2, -0.15) is 0 Å². The SMILES string of the molecule is C[C@H](OC(=O)C12CC3CC(CC(C3)C1)C2)C(=O)N[C@@H](C)CCc1ccccc1. The van der Waals surface area contributed by atoms with Gasteiger partial charge in [0.2, 0.25) is 0 Å². The third-order valence-electron chi connectivity index (χ3n) is 7.22. The van der Waals surface area contributed by atoms with Gasteiger partial charge in [0.15, 0.2) is 6.10 Å². The molecular weight excluding hydrogens is 350 g/mol. The molecule has 4 aliphatic rings. The van der Waals surface area contributed by atoms with Crippen LogP contribution >= 0.6 is 0 Å². The lowest BCUT2D eigenvalue weighted by Crippen LogP contribution is -2.52. The van der Waals surface area contributed by atoms with Crippen molar-refractivity contribution >= 4 is 11.9 Å². The van der Waals surface area contributed by atoms with Gasteiger partial charge in [0.1, 0.15) is 0 Å². The van der Waals surface area contributed by atoms with Crippen molar-refractivity contribution in [2.45, 2.75) is 77.4 Å². The molecule has 1 N–H and O–H groups in total. The molecule has 152 valence electrons. The minimum Gasteiger partial charge on any atom is -0.452 e. The maximum Gasteiger partial charge on any atom is 0.312 e. The summed E-state index contributed by atoms with van der Waals surface area (Å²) in [5.74, 6) is 1.78. The molecule has 28 heavy (non-hydrogen) atoms. The van der Waals surface area contributed by atoms with Crippen molar-refractivity contribution in [2.75, 3.05) is 0 Å². The first-order valence-corrected chi connectivity index (χ1v) is 11.0. The van der Waals surface area contributed by atoms with E-state index >= 15 is 0 Å². The molecule has 0 unspecified atom stereocenters. The smallest absolute Gasteiger partial charge is 0.312 e. The van der Waals surface area contributed by atoms with Crippen molar-refractivity contribution < 1.29 is 14.3 Å². The number of amides is 1. The maximum absolute atomic E-state index is 13.0. The van der Waals surface area contributed by atoms with Gasteiger partial charge in [-0.25, -0.2) is 0 Å². The Hall–Kier alpha value is -1.84. The average Bonchev–Trinajstić information content (AvgIpc) is 2.66. The molecule has 2 atom stereocenters. The molecule has 0 aliphatic heterocycles. The number of carbonyl (C=O) groups excluding carboxylic acids is 2. The van der Waals surface area contributed by atoms with E-state index in [0.29, 0.717) is 17.8 Å². The highest BCUT2D eigenvalue weighted by molar-refractivity contribution is 5.85. The molecule has 0 radical (unpaired) electrons. The minimum absolute atomic E-state index is 0.0495. The Morgan fingerprint density at radius 2 is 1.61 bits per heavy atom. The van der Waals surface area contributed by atoms with E-state index in [9.17, 15) is 9.59 Å². The van der Waals surface area contributed by atoms with E-state index in [1.165, 1.54) is 24.8 Å². The molecule has 4 nitrogen and oxygen atoms in total. The fourth-order valence-electron chi connectivity index (χ4n) is 6.16. The lowest BCUT2D eigenvalue weighted by Gasteiger charge is -2.55. The lowest BCUT2D eigenvalue weighted by atomic mass is 9.49. The summed E-state index contributed by atoms with van der Waals surface area (Å²) in [6.07, 6.45) is 7.86. The Bertz CT molecular complexity index is 679. The average molecular weight is 384 g/mol. The molecule has 0 spiro atoms. The lowest BCUT2D eigenvalue weighted by molar-refractivity contribution is -0.178. The molecule has 5 rings (SSSR count). The Morgan fingerprint density at radius 3 is 2.18 bits per heavy atom. The molecule has 4 saturated carbocycles. The largest absolute Gasteiger partial charge is 0.452 e. The topological polar surface area (TPSA) is 55.4 Å². The summed E-state index contributed by atoms with van der Waals surface area (Å²) >= 11 is 0. The summed E-state index contributed by atoms with van der Waals surface area (Å²) in [6, 6.07) is 10.3. The number of rotatable bonds is 7. The first kappa shape index (κ1) is 19.5. The van der Waals surface area contributed by atoms with Crippen LogP contribution in [0.2, 0.25) is 0 Å². The molecule has 0 saturated heterocycles. The molecule has 4 aliphatic carbocycles. The van der Waals surface area contributed by atoms with Gasteiger partial charge < -0.3 is 10.1 Å². The first-order chi connectivity index (χ1) is 13.4. The van der Waals surface area contributed by atoms with Gasteiger partial charge in [0, 0.05) is 6.04 Å². The van der Waals surface area contributed by atoms with Crippen LogP contribution in [0.15, 0.2) is 30.3 Å². The predicted molar refractivity (Wildman–Crippen MR) is 109 cm³/mol. The summed E-state index contributed by atoms with van der Waals surface area (Å²) in [4.78, 5) is 25.5. The second-order valence-corrected chi connectivity index (χ2v) is 9.68. The summed E-state index contributed by atoms with van der Waals surface area (Å²) in [7, 11) is 0. The van der Waals surface area contributed by atoms with Crippen molar-refractivity contribution in [2.24, 2.45) is 23.2 Å². The zero-order chi connectivity index (χ0) is 19.7. The number of ether oxygens (including phenoxy) is 1. The molecule has 0 aromatic heterocycles. The fourth-order valence-corrected chi connectivity index (χ4v) is 6.16. The summed E-state index contributed by atoms with van der Waals surface area (Å²) in [6.45, 7) is 3.71. The third kappa shape index (κ3) is 4.11. The van der Waals surface area contributed by atoms with Crippen LogP contribution in [0, 0.1) is 23.2 Å². The highest BCUT2D eigenvalue weighted by Gasteiger charge is 2.55. The van der Waals surface area contributed by atoms with Crippen LogP contribution in [0.3, 0.4) is 0 Å². The molecule has 4 fully saturated rings.